The highest BCUT2D eigenvalue weighted by molar-refractivity contribution is 5.77. The van der Waals surface area contributed by atoms with E-state index >= 15 is 0 Å². The van der Waals surface area contributed by atoms with Gasteiger partial charge in [0.05, 0.1) is 0 Å². The van der Waals surface area contributed by atoms with Gasteiger partial charge >= 0.3 is 71.2 Å². The highest BCUT2D eigenvalue weighted by Crippen LogP contribution is 2.66. The monoisotopic (exact) mass is 622 g/mol. The molecule has 38 heavy (non-hydrogen) atoms. The lowest BCUT2D eigenvalue weighted by Crippen LogP contribution is -2.77. The van der Waals surface area contributed by atoms with E-state index in [1.54, 1.807) is 0 Å². The van der Waals surface area contributed by atoms with Crippen LogP contribution in [0.15, 0.2) is 0 Å². The summed E-state index contributed by atoms with van der Waals surface area (Å²) in [6, 6.07) is 0. The summed E-state index contributed by atoms with van der Waals surface area (Å²) < 4.78 is 278. The molecule has 0 saturated heterocycles. The fourth-order valence-corrected chi connectivity index (χ4v) is 2.04. The van der Waals surface area contributed by atoms with E-state index in [0.29, 0.717) is 0 Å². The van der Waals surface area contributed by atoms with E-state index in [2.05, 4.69) is 0 Å². The molecule has 0 saturated carbocycles. The number of carboxylic acids is 2. The Morgan fingerprint density at radius 3 is 0.842 bits per heavy atom. The number of rotatable bonds is 12. The van der Waals surface area contributed by atoms with Crippen molar-refractivity contribution in [2.45, 2.75) is 65.4 Å². The van der Waals surface area contributed by atoms with E-state index in [0.717, 1.165) is 0 Å². The maximum Gasteiger partial charge on any atom is 0.410 e. The fourth-order valence-electron chi connectivity index (χ4n) is 2.04. The molecule has 0 aromatic rings. The average Bonchev–Trinajstić information content (AvgIpc) is 2.71. The first-order valence-electron chi connectivity index (χ1n) is 7.93. The summed E-state index contributed by atoms with van der Waals surface area (Å²) in [5.74, 6) is -96.6. The van der Waals surface area contributed by atoms with Crippen LogP contribution >= 0.6 is 0 Å². The van der Waals surface area contributed by atoms with Crippen molar-refractivity contribution < 1.29 is 112 Å². The second-order valence-corrected chi connectivity index (χ2v) is 6.80. The molecule has 0 rings (SSSR count). The third-order valence-corrected chi connectivity index (χ3v) is 4.38. The molecule has 25 heteroatoms. The number of alkyl halides is 21. The van der Waals surface area contributed by atoms with Gasteiger partial charge in [-0.05, 0) is 0 Å². The summed E-state index contributed by atoms with van der Waals surface area (Å²) >= 11 is 0. The zero-order valence-corrected chi connectivity index (χ0v) is 16.2. The summed E-state index contributed by atoms with van der Waals surface area (Å²) in [4.78, 5) is 19.8. The molecule has 2 N–H and O–H groups in total. The minimum absolute atomic E-state index is 3.95. The standard InChI is InChI=1S/C13H3F21O4/c14-1(2(35)36)4(15,16)6(19,20)8(23,24)10(27,28)12(31,32)13(33,34)11(29,30)9(25,26)7(21,22)5(17,18)3(37)38/h1H,(H,35,36)(H,37,38). The van der Waals surface area contributed by atoms with Crippen LogP contribution in [0.5, 0.6) is 0 Å². The van der Waals surface area contributed by atoms with Gasteiger partial charge < -0.3 is 10.2 Å². The predicted molar refractivity (Wildman–Crippen MR) is 69.6 cm³/mol. The summed E-state index contributed by atoms with van der Waals surface area (Å²) in [5, 5.41) is 15.4. The van der Waals surface area contributed by atoms with Gasteiger partial charge in [-0.2, -0.15) is 87.8 Å². The lowest BCUT2D eigenvalue weighted by molar-refractivity contribution is -0.468. The van der Waals surface area contributed by atoms with Crippen molar-refractivity contribution >= 4 is 11.9 Å². The Balaban J connectivity index is 7.24. The van der Waals surface area contributed by atoms with Crippen molar-refractivity contribution in [1.29, 1.82) is 0 Å². The molecule has 0 amide bonds. The number of carbonyl (C=O) groups is 2. The van der Waals surface area contributed by atoms with E-state index in [9.17, 15) is 102 Å². The van der Waals surface area contributed by atoms with Gasteiger partial charge in [0.2, 0.25) is 0 Å². The minimum atomic E-state index is -9.40. The summed E-state index contributed by atoms with van der Waals surface area (Å²) in [5.41, 5.74) is 0. The highest BCUT2D eigenvalue weighted by atomic mass is 19.4. The predicted octanol–water partition coefficient (Wildman–Crippen LogP) is 5.85. The maximum atomic E-state index is 13.5. The zero-order chi connectivity index (χ0) is 31.7. The Kier molecular flexibility index (Phi) is 8.16. The molecule has 1 atom stereocenters. The Morgan fingerprint density at radius 1 is 0.421 bits per heavy atom. The van der Waals surface area contributed by atoms with Gasteiger partial charge in [-0.3, -0.25) is 0 Å². The SMILES string of the molecule is O=C(O)C(F)C(F)(F)C(F)(F)C(F)(F)C(F)(F)C(F)(F)C(F)(F)C(F)(F)C(F)(F)C(F)(F)C(F)(F)C(=O)O. The van der Waals surface area contributed by atoms with Crippen LogP contribution in [-0.4, -0.2) is 87.5 Å². The van der Waals surface area contributed by atoms with Crippen LogP contribution in [0, 0.1) is 0 Å². The molecule has 0 aromatic carbocycles. The van der Waals surface area contributed by atoms with E-state index in [1.807, 2.05) is 0 Å². The number of carboxylic acid groups (broad SMARTS) is 2. The highest BCUT2D eigenvalue weighted by Gasteiger charge is 2.98. The van der Waals surface area contributed by atoms with Gasteiger partial charge in [-0.25, -0.2) is 14.0 Å². The van der Waals surface area contributed by atoms with E-state index in [-0.39, 0.29) is 0 Å². The van der Waals surface area contributed by atoms with Crippen LogP contribution in [0.1, 0.15) is 0 Å². The van der Waals surface area contributed by atoms with Crippen LogP contribution in [0.4, 0.5) is 92.2 Å². The number of hydrogen-bond donors (Lipinski definition) is 2. The molecule has 226 valence electrons. The molecule has 0 aliphatic heterocycles. The van der Waals surface area contributed by atoms with Crippen molar-refractivity contribution in [3.05, 3.63) is 0 Å². The number of hydrogen-bond acceptors (Lipinski definition) is 2. The Bertz CT molecular complexity index is 937. The van der Waals surface area contributed by atoms with Gasteiger partial charge in [0.25, 0.3) is 6.17 Å². The number of aliphatic carboxylic acids is 2. The quantitative estimate of drug-likeness (QED) is 0.268. The Hall–Kier alpha value is -2.53. The molecule has 0 fully saturated rings. The van der Waals surface area contributed by atoms with Crippen molar-refractivity contribution in [2.75, 3.05) is 0 Å². The van der Waals surface area contributed by atoms with E-state index < -0.39 is 77.3 Å². The lowest BCUT2D eigenvalue weighted by Gasteiger charge is -2.44. The van der Waals surface area contributed by atoms with Crippen molar-refractivity contribution in [1.82, 2.24) is 0 Å². The Labute approximate surface area is 191 Å². The van der Waals surface area contributed by atoms with Crippen molar-refractivity contribution in [3.8, 4) is 0 Å². The maximum absolute atomic E-state index is 13.5. The van der Waals surface area contributed by atoms with Crippen LogP contribution < -0.4 is 0 Å². The van der Waals surface area contributed by atoms with Crippen LogP contribution in [-0.2, 0) is 9.59 Å². The topological polar surface area (TPSA) is 74.6 Å². The van der Waals surface area contributed by atoms with E-state index in [4.69, 9.17) is 10.2 Å². The third-order valence-electron chi connectivity index (χ3n) is 4.38. The van der Waals surface area contributed by atoms with Crippen LogP contribution in [0.2, 0.25) is 0 Å². The molecule has 0 heterocycles. The van der Waals surface area contributed by atoms with Gasteiger partial charge in [-0.15, -0.1) is 0 Å². The zero-order valence-electron chi connectivity index (χ0n) is 16.2. The summed E-state index contributed by atoms with van der Waals surface area (Å²) in [7, 11) is 0. The first-order chi connectivity index (χ1) is 16.0. The normalized spacial score (nSPS) is 16.9. The molecule has 0 aliphatic carbocycles. The molecule has 0 spiro atoms. The van der Waals surface area contributed by atoms with Crippen molar-refractivity contribution in [2.24, 2.45) is 0 Å². The molecule has 0 aromatic heterocycles. The van der Waals surface area contributed by atoms with Crippen molar-refractivity contribution in [3.63, 3.8) is 0 Å². The summed E-state index contributed by atoms with van der Waals surface area (Å²) in [6.45, 7) is 0. The Morgan fingerprint density at radius 2 is 0.632 bits per heavy atom. The van der Waals surface area contributed by atoms with Gasteiger partial charge in [0.1, 0.15) is 0 Å². The van der Waals surface area contributed by atoms with Gasteiger partial charge in [-0.1, -0.05) is 0 Å². The van der Waals surface area contributed by atoms with Crippen LogP contribution in [0.25, 0.3) is 0 Å². The first-order valence-corrected chi connectivity index (χ1v) is 7.93. The molecule has 1 unspecified atom stereocenters. The molecule has 4 nitrogen and oxygen atoms in total. The van der Waals surface area contributed by atoms with Crippen LogP contribution in [0.3, 0.4) is 0 Å². The molecule has 0 aliphatic rings. The third kappa shape index (κ3) is 3.95. The minimum Gasteiger partial charge on any atom is -0.479 e. The average molecular weight is 622 g/mol. The fraction of sp³-hybridized carbons (Fsp3) is 0.846. The molecule has 0 bridgehead atoms. The molecule has 0 radical (unpaired) electrons. The van der Waals surface area contributed by atoms with Gasteiger partial charge in [0.15, 0.2) is 0 Å². The molecular weight excluding hydrogens is 619 g/mol. The molecular formula is C13H3F21O4. The largest absolute Gasteiger partial charge is 0.479 e. The number of halogens is 21. The lowest BCUT2D eigenvalue weighted by atomic mass is 9.85. The second-order valence-electron chi connectivity index (χ2n) is 6.80. The van der Waals surface area contributed by atoms with Gasteiger partial charge in [0, 0.05) is 0 Å². The second kappa shape index (κ2) is 8.74. The van der Waals surface area contributed by atoms with E-state index in [1.165, 1.54) is 0 Å². The first kappa shape index (κ1) is 35.5. The summed E-state index contributed by atoms with van der Waals surface area (Å²) in [6.07, 6.45) is -5.78. The smallest absolute Gasteiger partial charge is 0.410 e.